The van der Waals surface area contributed by atoms with Crippen molar-refractivity contribution in [1.82, 2.24) is 10.6 Å². The van der Waals surface area contributed by atoms with Crippen LogP contribution in [0.5, 0.6) is 0 Å². The Bertz CT molecular complexity index is 1030. The van der Waals surface area contributed by atoms with Gasteiger partial charge in [0, 0.05) is 12.8 Å². The number of nitrogens with one attached hydrogen (secondary N) is 2. The molecule has 11 nitrogen and oxygen atoms in total. The van der Waals surface area contributed by atoms with Gasteiger partial charge in [0.2, 0.25) is 5.91 Å². The zero-order valence-electron chi connectivity index (χ0n) is 19.4. The van der Waals surface area contributed by atoms with Crippen LogP contribution in [0.1, 0.15) is 36.8 Å². The van der Waals surface area contributed by atoms with Gasteiger partial charge in [-0.3, -0.25) is 9.59 Å². The molecule has 0 saturated heterocycles. The summed E-state index contributed by atoms with van der Waals surface area (Å²) in [6.45, 7) is -0.0950. The van der Waals surface area contributed by atoms with E-state index in [-0.39, 0.29) is 32.5 Å². The van der Waals surface area contributed by atoms with Crippen LogP contribution in [0, 0.1) is 0 Å². The standard InChI is InChI=1S/C25H28N2O9/c28-21(26-19(23(31)32)12-14-22(29)30)13-11-20(24(33)35-15-17-7-3-1-4-8-17)27-25(34)36-16-18-9-5-2-6-10-18/h1-10,19-20H,11-16H2,(H,26,28)(H,27,34)(H,29,30)(H,31,32)/t19-,20+/m1/s1. The highest BCUT2D eigenvalue weighted by molar-refractivity contribution is 5.85. The highest BCUT2D eigenvalue weighted by atomic mass is 16.6. The molecule has 11 heteroatoms. The third-order valence-electron chi connectivity index (χ3n) is 4.95. The Kier molecular flexibility index (Phi) is 11.4. The number of carboxylic acids is 2. The first-order chi connectivity index (χ1) is 17.2. The Hall–Kier alpha value is -4.41. The average Bonchev–Trinajstić information content (AvgIpc) is 2.87. The van der Waals surface area contributed by atoms with Crippen molar-refractivity contribution in [3.63, 3.8) is 0 Å². The van der Waals surface area contributed by atoms with E-state index in [4.69, 9.17) is 14.6 Å². The van der Waals surface area contributed by atoms with Gasteiger partial charge < -0.3 is 30.3 Å². The molecule has 0 heterocycles. The first kappa shape index (κ1) is 27.8. The lowest BCUT2D eigenvalue weighted by Gasteiger charge is -2.18. The van der Waals surface area contributed by atoms with Crippen molar-refractivity contribution in [2.24, 2.45) is 0 Å². The molecule has 2 rings (SSSR count). The number of carbonyl (C=O) groups excluding carboxylic acids is 3. The van der Waals surface area contributed by atoms with Gasteiger partial charge in [0.25, 0.3) is 0 Å². The van der Waals surface area contributed by atoms with E-state index in [9.17, 15) is 29.1 Å². The number of hydrogen-bond acceptors (Lipinski definition) is 7. The summed E-state index contributed by atoms with van der Waals surface area (Å²) >= 11 is 0. The molecule has 192 valence electrons. The molecule has 0 aliphatic carbocycles. The van der Waals surface area contributed by atoms with Gasteiger partial charge in [-0.1, -0.05) is 60.7 Å². The van der Waals surface area contributed by atoms with Crippen molar-refractivity contribution in [1.29, 1.82) is 0 Å². The highest BCUT2D eigenvalue weighted by Gasteiger charge is 2.26. The van der Waals surface area contributed by atoms with Gasteiger partial charge in [-0.05, 0) is 24.0 Å². The molecule has 0 aliphatic heterocycles. The number of alkyl carbamates (subject to hydrolysis) is 1. The number of carbonyl (C=O) groups is 5. The van der Waals surface area contributed by atoms with Gasteiger partial charge in [0.05, 0.1) is 0 Å². The minimum absolute atomic E-state index is 0.0389. The Morgan fingerprint density at radius 1 is 0.694 bits per heavy atom. The van der Waals surface area contributed by atoms with E-state index in [1.54, 1.807) is 54.6 Å². The van der Waals surface area contributed by atoms with Crippen molar-refractivity contribution < 1.29 is 43.7 Å². The largest absolute Gasteiger partial charge is 0.481 e. The molecule has 0 saturated carbocycles. The smallest absolute Gasteiger partial charge is 0.408 e. The summed E-state index contributed by atoms with van der Waals surface area (Å²) < 4.78 is 10.4. The van der Waals surface area contributed by atoms with E-state index in [1.807, 2.05) is 6.07 Å². The van der Waals surface area contributed by atoms with Crippen LogP contribution in [0.15, 0.2) is 60.7 Å². The van der Waals surface area contributed by atoms with Gasteiger partial charge in [0.15, 0.2) is 0 Å². The van der Waals surface area contributed by atoms with E-state index in [1.165, 1.54) is 0 Å². The minimum Gasteiger partial charge on any atom is -0.481 e. The second-order valence-electron chi connectivity index (χ2n) is 7.78. The van der Waals surface area contributed by atoms with Crippen LogP contribution in [0.25, 0.3) is 0 Å². The quantitative estimate of drug-likeness (QED) is 0.284. The lowest BCUT2D eigenvalue weighted by Crippen LogP contribution is -2.44. The summed E-state index contributed by atoms with van der Waals surface area (Å²) in [7, 11) is 0. The van der Waals surface area contributed by atoms with Crippen LogP contribution < -0.4 is 10.6 Å². The summed E-state index contributed by atoms with van der Waals surface area (Å²) in [4.78, 5) is 59.2. The highest BCUT2D eigenvalue weighted by Crippen LogP contribution is 2.08. The zero-order valence-corrected chi connectivity index (χ0v) is 19.4. The molecule has 0 aliphatic rings. The predicted octanol–water partition coefficient (Wildman–Crippen LogP) is 2.24. The van der Waals surface area contributed by atoms with Crippen molar-refractivity contribution >= 4 is 29.9 Å². The van der Waals surface area contributed by atoms with Crippen LogP contribution in [-0.2, 0) is 41.9 Å². The topological polar surface area (TPSA) is 168 Å². The maximum Gasteiger partial charge on any atom is 0.408 e. The number of rotatable bonds is 14. The fraction of sp³-hybridized carbons (Fsp3) is 0.320. The maximum atomic E-state index is 12.7. The molecule has 0 fully saturated rings. The van der Waals surface area contributed by atoms with E-state index < -0.39 is 48.4 Å². The van der Waals surface area contributed by atoms with Crippen molar-refractivity contribution in [3.8, 4) is 0 Å². The van der Waals surface area contributed by atoms with Crippen molar-refractivity contribution in [2.75, 3.05) is 0 Å². The Morgan fingerprint density at radius 2 is 1.22 bits per heavy atom. The lowest BCUT2D eigenvalue weighted by atomic mass is 10.1. The lowest BCUT2D eigenvalue weighted by molar-refractivity contribution is -0.148. The molecule has 0 spiro atoms. The van der Waals surface area contributed by atoms with Crippen LogP contribution in [0.3, 0.4) is 0 Å². The molecular weight excluding hydrogens is 472 g/mol. The fourth-order valence-corrected chi connectivity index (χ4v) is 3.05. The van der Waals surface area contributed by atoms with Crippen LogP contribution >= 0.6 is 0 Å². The molecule has 0 aromatic heterocycles. The summed E-state index contributed by atoms with van der Waals surface area (Å²) in [6, 6.07) is 15.1. The molecule has 0 radical (unpaired) electrons. The number of amides is 2. The minimum atomic E-state index is -1.40. The van der Waals surface area contributed by atoms with Crippen LogP contribution in [-0.4, -0.2) is 52.2 Å². The molecule has 36 heavy (non-hydrogen) atoms. The van der Waals surface area contributed by atoms with E-state index in [0.29, 0.717) is 0 Å². The molecule has 2 amide bonds. The second-order valence-corrected chi connectivity index (χ2v) is 7.78. The zero-order chi connectivity index (χ0) is 26.3. The monoisotopic (exact) mass is 500 g/mol. The van der Waals surface area contributed by atoms with E-state index >= 15 is 0 Å². The molecular formula is C25H28N2O9. The molecule has 0 bridgehead atoms. The van der Waals surface area contributed by atoms with Gasteiger partial charge in [-0.25, -0.2) is 14.4 Å². The summed E-state index contributed by atoms with van der Waals surface area (Å²) in [5.41, 5.74) is 1.45. The van der Waals surface area contributed by atoms with Gasteiger partial charge >= 0.3 is 24.0 Å². The second kappa shape index (κ2) is 14.8. The third kappa shape index (κ3) is 10.7. The fourth-order valence-electron chi connectivity index (χ4n) is 3.05. The summed E-state index contributed by atoms with van der Waals surface area (Å²) in [5.74, 6) is -4.11. The maximum absolute atomic E-state index is 12.7. The summed E-state index contributed by atoms with van der Waals surface area (Å²) in [5, 5.41) is 22.5. The number of ether oxygens (including phenoxy) is 2. The number of benzene rings is 2. The average molecular weight is 501 g/mol. The van der Waals surface area contributed by atoms with Gasteiger partial charge in [0.1, 0.15) is 25.3 Å². The first-order valence-electron chi connectivity index (χ1n) is 11.2. The number of aliphatic carboxylic acids is 2. The number of hydrogen-bond donors (Lipinski definition) is 4. The van der Waals surface area contributed by atoms with Gasteiger partial charge in [-0.2, -0.15) is 0 Å². The molecule has 2 aromatic carbocycles. The van der Waals surface area contributed by atoms with Crippen LogP contribution in [0.2, 0.25) is 0 Å². The normalized spacial score (nSPS) is 12.0. The number of carboxylic acid groups (broad SMARTS) is 2. The van der Waals surface area contributed by atoms with Crippen molar-refractivity contribution in [3.05, 3.63) is 71.8 Å². The Labute approximate surface area is 207 Å². The van der Waals surface area contributed by atoms with E-state index in [2.05, 4.69) is 10.6 Å². The Morgan fingerprint density at radius 3 is 1.75 bits per heavy atom. The van der Waals surface area contributed by atoms with Crippen LogP contribution in [0.4, 0.5) is 4.79 Å². The molecule has 2 aromatic rings. The third-order valence-corrected chi connectivity index (χ3v) is 4.95. The summed E-state index contributed by atoms with van der Waals surface area (Å²) in [6.07, 6.45) is -2.18. The predicted molar refractivity (Wildman–Crippen MR) is 125 cm³/mol. The number of esters is 1. The van der Waals surface area contributed by atoms with Crippen molar-refractivity contribution in [2.45, 2.75) is 51.0 Å². The van der Waals surface area contributed by atoms with Gasteiger partial charge in [-0.15, -0.1) is 0 Å². The molecule has 0 unspecified atom stereocenters. The van der Waals surface area contributed by atoms with E-state index in [0.717, 1.165) is 11.1 Å². The Balaban J connectivity index is 1.96. The SMILES string of the molecule is O=C(O)CC[C@@H](NC(=O)CC[C@H](NC(=O)OCc1ccccc1)C(=O)OCc1ccccc1)C(=O)O. The molecule has 4 N–H and O–H groups in total. The molecule has 2 atom stereocenters. The first-order valence-corrected chi connectivity index (χ1v) is 11.2.